The van der Waals surface area contributed by atoms with Gasteiger partial charge in [0.2, 0.25) is 5.91 Å². The highest BCUT2D eigenvalue weighted by molar-refractivity contribution is 5.76. The van der Waals surface area contributed by atoms with E-state index >= 15 is 0 Å². The number of pyridine rings is 1. The topological polar surface area (TPSA) is 84.7 Å². The Bertz CT molecular complexity index is 840. The molecule has 10 heteroatoms. The minimum atomic E-state index is -5.08. The number of carboxylic acids is 1. The van der Waals surface area contributed by atoms with Gasteiger partial charge in [-0.2, -0.15) is 13.2 Å². The first-order valence-corrected chi connectivity index (χ1v) is 9.93. The molecule has 31 heavy (non-hydrogen) atoms. The van der Waals surface area contributed by atoms with E-state index in [0.29, 0.717) is 26.1 Å². The third-order valence-corrected chi connectivity index (χ3v) is 4.68. The Morgan fingerprint density at radius 2 is 1.90 bits per heavy atom. The van der Waals surface area contributed by atoms with Crippen LogP contribution in [-0.4, -0.2) is 50.3 Å². The van der Waals surface area contributed by atoms with Crippen molar-refractivity contribution in [1.29, 1.82) is 0 Å². The highest BCUT2D eigenvalue weighted by atomic mass is 19.4. The van der Waals surface area contributed by atoms with Crippen molar-refractivity contribution in [2.45, 2.75) is 58.2 Å². The number of hydrogen-bond donors (Lipinski definition) is 1. The number of nitrogens with zero attached hydrogens (tertiary/aromatic N) is 3. The Hall–Kier alpha value is -2.88. The smallest absolute Gasteiger partial charge is 0.475 e. The Labute approximate surface area is 178 Å². The van der Waals surface area contributed by atoms with Gasteiger partial charge in [-0.25, -0.2) is 4.79 Å². The number of ether oxygens (including phenoxy) is 1. The second-order valence-electron chi connectivity index (χ2n) is 7.12. The van der Waals surface area contributed by atoms with Gasteiger partial charge in [0.25, 0.3) is 0 Å². The first kappa shape index (κ1) is 24.4. The number of carboxylic acid groups (broad SMARTS) is 1. The van der Waals surface area contributed by atoms with E-state index in [4.69, 9.17) is 14.6 Å². The summed E-state index contributed by atoms with van der Waals surface area (Å²) in [4.78, 5) is 27.4. The molecule has 1 amide bonds. The monoisotopic (exact) mass is 441 g/mol. The predicted molar refractivity (Wildman–Crippen MR) is 106 cm³/mol. The van der Waals surface area contributed by atoms with Crippen molar-refractivity contribution in [2.24, 2.45) is 0 Å². The number of hydrogen-bond acceptors (Lipinski definition) is 4. The second kappa shape index (κ2) is 11.5. The lowest BCUT2D eigenvalue weighted by atomic mass is 10.2. The van der Waals surface area contributed by atoms with E-state index < -0.39 is 12.1 Å². The molecule has 0 spiro atoms. The molecule has 0 saturated heterocycles. The fraction of sp³-hybridized carbons (Fsp3) is 0.476. The molecule has 0 aromatic carbocycles. The number of aliphatic carboxylic acids is 1. The molecule has 170 valence electrons. The van der Waals surface area contributed by atoms with Crippen molar-refractivity contribution in [1.82, 2.24) is 14.5 Å². The summed E-state index contributed by atoms with van der Waals surface area (Å²) in [5.41, 5.74) is 2.28. The summed E-state index contributed by atoms with van der Waals surface area (Å²) in [6.45, 7) is 4.76. The molecule has 1 atom stereocenters. The number of halogens is 3. The SMILES string of the molecule is CCCCC(=O)N1Cc2cccn2CC(OCc2ccncc2)C1.O=C(O)C(F)(F)F. The fourth-order valence-corrected chi connectivity index (χ4v) is 3.03. The number of carbonyl (C=O) groups excluding carboxylic acids is 1. The van der Waals surface area contributed by atoms with Gasteiger partial charge in [0.05, 0.1) is 25.8 Å². The summed E-state index contributed by atoms with van der Waals surface area (Å²) < 4.78 is 40.1. The zero-order valence-electron chi connectivity index (χ0n) is 17.2. The van der Waals surface area contributed by atoms with Gasteiger partial charge in [-0.15, -0.1) is 0 Å². The maximum absolute atomic E-state index is 12.5. The molecule has 0 saturated carbocycles. The molecule has 1 aliphatic heterocycles. The minimum Gasteiger partial charge on any atom is -0.475 e. The molecular weight excluding hydrogens is 415 g/mol. The van der Waals surface area contributed by atoms with Crippen molar-refractivity contribution in [3.05, 3.63) is 54.1 Å². The molecule has 0 fully saturated rings. The van der Waals surface area contributed by atoms with E-state index in [9.17, 15) is 18.0 Å². The standard InChI is InChI=1S/C19H25N3O2.C2HF3O2/c1-2-3-6-19(23)22-12-17-5-4-11-21(17)13-18(14-22)24-15-16-7-9-20-10-8-16;3-2(4,5)1(6)7/h4-5,7-11,18H,2-3,6,12-15H2,1H3;(H,6,7). The Kier molecular flexibility index (Phi) is 9.04. The van der Waals surface area contributed by atoms with Crippen LogP contribution in [0.5, 0.6) is 0 Å². The molecular formula is C21H26F3N3O4. The van der Waals surface area contributed by atoms with Crippen LogP contribution in [0.2, 0.25) is 0 Å². The molecule has 0 aliphatic carbocycles. The normalized spacial score (nSPS) is 16.0. The van der Waals surface area contributed by atoms with Gasteiger partial charge in [-0.3, -0.25) is 9.78 Å². The van der Waals surface area contributed by atoms with E-state index in [2.05, 4.69) is 28.7 Å². The number of unbranched alkanes of at least 4 members (excludes halogenated alkanes) is 1. The third-order valence-electron chi connectivity index (χ3n) is 4.68. The highest BCUT2D eigenvalue weighted by Crippen LogP contribution is 2.18. The van der Waals surface area contributed by atoms with Crippen molar-refractivity contribution >= 4 is 11.9 Å². The first-order valence-electron chi connectivity index (χ1n) is 9.93. The average Bonchev–Trinajstić information content (AvgIpc) is 3.08. The Morgan fingerprint density at radius 1 is 1.23 bits per heavy atom. The van der Waals surface area contributed by atoms with Gasteiger partial charge in [-0.05, 0) is 36.2 Å². The molecule has 2 aromatic heterocycles. The maximum Gasteiger partial charge on any atom is 0.490 e. The molecule has 2 aromatic rings. The number of fused-ring (bicyclic) bond motifs is 1. The minimum absolute atomic E-state index is 0.00241. The molecule has 1 aliphatic rings. The maximum atomic E-state index is 12.5. The lowest BCUT2D eigenvalue weighted by Crippen LogP contribution is -2.37. The van der Waals surface area contributed by atoms with Crippen molar-refractivity contribution in [2.75, 3.05) is 6.54 Å². The largest absolute Gasteiger partial charge is 0.490 e. The molecule has 1 N–H and O–H groups in total. The van der Waals surface area contributed by atoms with E-state index in [1.54, 1.807) is 12.4 Å². The van der Waals surface area contributed by atoms with Crippen LogP contribution in [0.15, 0.2) is 42.9 Å². The summed E-state index contributed by atoms with van der Waals surface area (Å²) in [5, 5.41) is 7.12. The van der Waals surface area contributed by atoms with E-state index in [0.717, 1.165) is 24.9 Å². The number of carbonyl (C=O) groups is 2. The molecule has 0 bridgehead atoms. The quantitative estimate of drug-likeness (QED) is 0.740. The molecule has 3 rings (SSSR count). The number of aromatic nitrogens is 2. The van der Waals surface area contributed by atoms with Gasteiger partial charge < -0.3 is 19.3 Å². The Morgan fingerprint density at radius 3 is 2.52 bits per heavy atom. The van der Waals surface area contributed by atoms with Crippen LogP contribution in [0, 0.1) is 0 Å². The molecule has 3 heterocycles. The van der Waals surface area contributed by atoms with Gasteiger partial charge in [0, 0.05) is 37.3 Å². The summed E-state index contributed by atoms with van der Waals surface area (Å²) in [6.07, 6.45) is 3.13. The summed E-state index contributed by atoms with van der Waals surface area (Å²) in [6, 6.07) is 8.05. The summed E-state index contributed by atoms with van der Waals surface area (Å²) in [5.74, 6) is -2.53. The van der Waals surface area contributed by atoms with Gasteiger partial charge in [0.15, 0.2) is 0 Å². The van der Waals surface area contributed by atoms with Crippen LogP contribution < -0.4 is 0 Å². The van der Waals surface area contributed by atoms with Crippen LogP contribution in [0.25, 0.3) is 0 Å². The molecule has 7 nitrogen and oxygen atoms in total. The Balaban J connectivity index is 0.000000423. The third kappa shape index (κ3) is 8.05. The molecule has 0 radical (unpaired) electrons. The van der Waals surface area contributed by atoms with Gasteiger partial charge >= 0.3 is 12.1 Å². The van der Waals surface area contributed by atoms with Crippen molar-refractivity contribution in [3.8, 4) is 0 Å². The van der Waals surface area contributed by atoms with Crippen molar-refractivity contribution in [3.63, 3.8) is 0 Å². The second-order valence-corrected chi connectivity index (χ2v) is 7.12. The van der Waals surface area contributed by atoms with Crippen LogP contribution in [0.4, 0.5) is 13.2 Å². The number of rotatable bonds is 6. The summed E-state index contributed by atoms with van der Waals surface area (Å²) >= 11 is 0. The van der Waals surface area contributed by atoms with Gasteiger partial charge in [0.1, 0.15) is 0 Å². The van der Waals surface area contributed by atoms with Crippen LogP contribution >= 0.6 is 0 Å². The lowest BCUT2D eigenvalue weighted by molar-refractivity contribution is -0.192. The zero-order valence-corrected chi connectivity index (χ0v) is 17.2. The zero-order chi connectivity index (χ0) is 22.9. The molecule has 1 unspecified atom stereocenters. The number of alkyl halides is 3. The average molecular weight is 441 g/mol. The predicted octanol–water partition coefficient (Wildman–Crippen LogP) is 3.63. The first-order chi connectivity index (χ1) is 14.7. The highest BCUT2D eigenvalue weighted by Gasteiger charge is 2.38. The fourth-order valence-electron chi connectivity index (χ4n) is 3.03. The number of amides is 1. The lowest BCUT2D eigenvalue weighted by Gasteiger charge is -2.24. The van der Waals surface area contributed by atoms with E-state index in [1.807, 2.05) is 23.1 Å². The van der Waals surface area contributed by atoms with E-state index in [-0.39, 0.29) is 12.0 Å². The van der Waals surface area contributed by atoms with Crippen molar-refractivity contribution < 1.29 is 32.6 Å². The van der Waals surface area contributed by atoms with Gasteiger partial charge in [-0.1, -0.05) is 13.3 Å². The van der Waals surface area contributed by atoms with Crippen LogP contribution in [-0.2, 0) is 34.0 Å². The van der Waals surface area contributed by atoms with Crippen LogP contribution in [0.1, 0.15) is 37.4 Å². The summed E-state index contributed by atoms with van der Waals surface area (Å²) in [7, 11) is 0. The van der Waals surface area contributed by atoms with E-state index in [1.165, 1.54) is 5.69 Å². The van der Waals surface area contributed by atoms with Crippen LogP contribution in [0.3, 0.4) is 0 Å².